The van der Waals surface area contributed by atoms with E-state index < -0.39 is 4.92 Å². The summed E-state index contributed by atoms with van der Waals surface area (Å²) in [6.45, 7) is 3.95. The largest absolute Gasteiger partial charge is 0.491 e. The average molecular weight is 297 g/mol. The van der Waals surface area contributed by atoms with Crippen LogP contribution in [-0.4, -0.2) is 20.4 Å². The van der Waals surface area contributed by atoms with Crippen LogP contribution in [0.4, 0.5) is 5.69 Å². The molecule has 112 valence electrons. The van der Waals surface area contributed by atoms with Gasteiger partial charge in [-0.1, -0.05) is 0 Å². The minimum atomic E-state index is -0.419. The number of rotatable bonds is 4. The number of hydrogen-bond acceptors (Lipinski definition) is 4. The van der Waals surface area contributed by atoms with Gasteiger partial charge in [0.25, 0.3) is 5.69 Å². The molecular weight excluding hydrogens is 282 g/mol. The number of pyridine rings is 1. The van der Waals surface area contributed by atoms with Gasteiger partial charge < -0.3 is 4.74 Å². The summed E-state index contributed by atoms with van der Waals surface area (Å²) in [5.41, 5.74) is 2.40. The van der Waals surface area contributed by atoms with Gasteiger partial charge in [-0.2, -0.15) is 0 Å². The number of aromatic nitrogens is 2. The van der Waals surface area contributed by atoms with E-state index in [1.165, 1.54) is 12.3 Å². The molecule has 0 radical (unpaired) electrons. The predicted octanol–water partition coefficient (Wildman–Crippen LogP) is 3.70. The van der Waals surface area contributed by atoms with Crippen LogP contribution in [0.25, 0.3) is 16.9 Å². The number of fused-ring (bicyclic) bond motifs is 1. The Bertz CT molecular complexity index is 822. The van der Waals surface area contributed by atoms with Crippen molar-refractivity contribution in [1.29, 1.82) is 0 Å². The predicted molar refractivity (Wildman–Crippen MR) is 83.0 cm³/mol. The van der Waals surface area contributed by atoms with E-state index >= 15 is 0 Å². The van der Waals surface area contributed by atoms with Crippen molar-refractivity contribution >= 4 is 11.3 Å². The molecule has 3 rings (SSSR count). The van der Waals surface area contributed by atoms with Crippen molar-refractivity contribution < 1.29 is 9.66 Å². The van der Waals surface area contributed by atoms with Gasteiger partial charge in [0, 0.05) is 17.8 Å². The van der Waals surface area contributed by atoms with Crippen molar-refractivity contribution in [2.75, 3.05) is 0 Å². The standard InChI is InChI=1S/C16H15N3O3/c1-11(2)22-14-6-3-12(4-7-14)15-10-18-9-13(19(20)21)5-8-16(18)17-15/h3-11H,1-2H3. The van der Waals surface area contributed by atoms with Gasteiger partial charge >= 0.3 is 0 Å². The zero-order valence-electron chi connectivity index (χ0n) is 12.3. The van der Waals surface area contributed by atoms with Crippen LogP contribution in [-0.2, 0) is 0 Å². The molecule has 0 atom stereocenters. The highest BCUT2D eigenvalue weighted by Gasteiger charge is 2.09. The van der Waals surface area contributed by atoms with Gasteiger partial charge in [0.2, 0.25) is 0 Å². The van der Waals surface area contributed by atoms with Crippen LogP contribution in [0.1, 0.15) is 13.8 Å². The number of nitrogens with zero attached hydrogens (tertiary/aromatic N) is 3. The molecular formula is C16H15N3O3. The summed E-state index contributed by atoms with van der Waals surface area (Å²) in [5.74, 6) is 0.804. The Morgan fingerprint density at radius 1 is 1.14 bits per heavy atom. The zero-order chi connectivity index (χ0) is 15.7. The fourth-order valence-corrected chi connectivity index (χ4v) is 2.20. The lowest BCUT2D eigenvalue weighted by Gasteiger charge is -2.09. The maximum absolute atomic E-state index is 10.8. The molecule has 6 nitrogen and oxygen atoms in total. The second-order valence-corrected chi connectivity index (χ2v) is 5.23. The second-order valence-electron chi connectivity index (χ2n) is 5.23. The summed E-state index contributed by atoms with van der Waals surface area (Å²) in [5, 5.41) is 10.8. The first-order valence-electron chi connectivity index (χ1n) is 6.93. The molecule has 0 unspecified atom stereocenters. The fourth-order valence-electron chi connectivity index (χ4n) is 2.20. The van der Waals surface area contributed by atoms with Crippen molar-refractivity contribution in [3.8, 4) is 17.0 Å². The maximum Gasteiger partial charge on any atom is 0.286 e. The van der Waals surface area contributed by atoms with Gasteiger partial charge in [-0.25, -0.2) is 4.98 Å². The Hall–Kier alpha value is -2.89. The van der Waals surface area contributed by atoms with E-state index in [1.807, 2.05) is 38.1 Å². The van der Waals surface area contributed by atoms with Crippen molar-refractivity contribution in [2.45, 2.75) is 20.0 Å². The molecule has 0 saturated carbocycles. The first-order chi connectivity index (χ1) is 10.5. The highest BCUT2D eigenvalue weighted by molar-refractivity contribution is 5.63. The molecule has 0 aliphatic rings. The highest BCUT2D eigenvalue weighted by atomic mass is 16.6. The smallest absolute Gasteiger partial charge is 0.286 e. The monoisotopic (exact) mass is 297 g/mol. The Labute approximate surface area is 127 Å². The summed E-state index contributed by atoms with van der Waals surface area (Å²) in [4.78, 5) is 14.9. The lowest BCUT2D eigenvalue weighted by atomic mass is 10.1. The number of nitro groups is 1. The molecule has 0 aliphatic carbocycles. The number of benzene rings is 1. The third-order valence-corrected chi connectivity index (χ3v) is 3.17. The minimum Gasteiger partial charge on any atom is -0.491 e. The molecule has 0 spiro atoms. The molecule has 0 saturated heterocycles. The molecule has 22 heavy (non-hydrogen) atoms. The van der Waals surface area contributed by atoms with E-state index in [9.17, 15) is 10.1 Å². The molecule has 0 fully saturated rings. The van der Waals surface area contributed by atoms with Crippen LogP contribution < -0.4 is 4.74 Å². The van der Waals surface area contributed by atoms with Gasteiger partial charge in [0.05, 0.1) is 22.9 Å². The third-order valence-electron chi connectivity index (χ3n) is 3.17. The fraction of sp³-hybridized carbons (Fsp3) is 0.188. The topological polar surface area (TPSA) is 69.7 Å². The lowest BCUT2D eigenvalue weighted by molar-refractivity contribution is -0.385. The van der Waals surface area contributed by atoms with Crippen LogP contribution in [0.3, 0.4) is 0 Å². The van der Waals surface area contributed by atoms with Gasteiger partial charge in [0.1, 0.15) is 11.4 Å². The van der Waals surface area contributed by atoms with Crippen LogP contribution in [0.2, 0.25) is 0 Å². The van der Waals surface area contributed by atoms with E-state index in [1.54, 1.807) is 16.7 Å². The summed E-state index contributed by atoms with van der Waals surface area (Å²) >= 11 is 0. The summed E-state index contributed by atoms with van der Waals surface area (Å²) in [6, 6.07) is 10.7. The first-order valence-corrected chi connectivity index (χ1v) is 6.93. The van der Waals surface area contributed by atoms with E-state index in [0.29, 0.717) is 5.65 Å². The molecule has 3 aromatic rings. The molecule has 0 amide bonds. The number of imidazole rings is 1. The van der Waals surface area contributed by atoms with Crippen LogP contribution >= 0.6 is 0 Å². The lowest BCUT2D eigenvalue weighted by Crippen LogP contribution is -2.05. The van der Waals surface area contributed by atoms with Gasteiger partial charge in [0.15, 0.2) is 0 Å². The molecule has 2 aromatic heterocycles. The Morgan fingerprint density at radius 3 is 2.50 bits per heavy atom. The zero-order valence-corrected chi connectivity index (χ0v) is 12.3. The normalized spacial score (nSPS) is 11.0. The van der Waals surface area contributed by atoms with Gasteiger partial charge in [-0.15, -0.1) is 0 Å². The van der Waals surface area contributed by atoms with E-state index in [2.05, 4.69) is 4.98 Å². The minimum absolute atomic E-state index is 0.0390. The van der Waals surface area contributed by atoms with Crippen molar-refractivity contribution in [2.24, 2.45) is 0 Å². The van der Waals surface area contributed by atoms with Crippen LogP contribution in [0, 0.1) is 10.1 Å². The molecule has 0 aliphatic heterocycles. The SMILES string of the molecule is CC(C)Oc1ccc(-c2cn3cc([N+](=O)[O-])ccc3n2)cc1. The maximum atomic E-state index is 10.8. The van der Waals surface area contributed by atoms with E-state index in [4.69, 9.17) is 4.74 Å². The average Bonchev–Trinajstić information content (AvgIpc) is 2.90. The van der Waals surface area contributed by atoms with Crippen molar-refractivity contribution in [3.63, 3.8) is 0 Å². The quantitative estimate of drug-likeness (QED) is 0.544. The molecule has 2 heterocycles. The van der Waals surface area contributed by atoms with E-state index in [-0.39, 0.29) is 11.8 Å². The molecule has 0 bridgehead atoms. The summed E-state index contributed by atoms with van der Waals surface area (Å²) in [7, 11) is 0. The Kier molecular flexibility index (Phi) is 3.50. The van der Waals surface area contributed by atoms with E-state index in [0.717, 1.165) is 17.0 Å². The molecule has 6 heteroatoms. The number of ether oxygens (including phenoxy) is 1. The first kappa shape index (κ1) is 14.1. The third kappa shape index (κ3) is 2.76. The highest BCUT2D eigenvalue weighted by Crippen LogP contribution is 2.23. The van der Waals surface area contributed by atoms with Crippen molar-refractivity contribution in [3.05, 3.63) is 58.9 Å². The van der Waals surface area contributed by atoms with Gasteiger partial charge in [-0.3, -0.25) is 14.5 Å². The second kappa shape index (κ2) is 5.48. The molecule has 0 N–H and O–H groups in total. The Balaban J connectivity index is 1.94. The summed E-state index contributed by atoms with van der Waals surface area (Å²) < 4.78 is 7.26. The Morgan fingerprint density at radius 2 is 1.86 bits per heavy atom. The van der Waals surface area contributed by atoms with Crippen molar-refractivity contribution in [1.82, 2.24) is 9.38 Å². The van der Waals surface area contributed by atoms with Gasteiger partial charge in [-0.05, 0) is 44.2 Å². The van der Waals surface area contributed by atoms with Crippen LogP contribution in [0.5, 0.6) is 5.75 Å². The van der Waals surface area contributed by atoms with Crippen LogP contribution in [0.15, 0.2) is 48.8 Å². The number of hydrogen-bond donors (Lipinski definition) is 0. The summed E-state index contributed by atoms with van der Waals surface area (Å²) in [6.07, 6.45) is 3.37. The molecule has 1 aromatic carbocycles.